The summed E-state index contributed by atoms with van der Waals surface area (Å²) in [7, 11) is 2.05. The van der Waals surface area contributed by atoms with Crippen LogP contribution in [0.1, 0.15) is 20.7 Å². The summed E-state index contributed by atoms with van der Waals surface area (Å²) in [6.45, 7) is 3.14. The Morgan fingerprint density at radius 3 is 2.46 bits per heavy atom. The van der Waals surface area contributed by atoms with Crippen LogP contribution in [0.15, 0.2) is 48.5 Å². The van der Waals surface area contributed by atoms with Gasteiger partial charge in [-0.1, -0.05) is 29.8 Å². The number of benzene rings is 2. The van der Waals surface area contributed by atoms with Crippen LogP contribution in [0.3, 0.4) is 0 Å². The van der Waals surface area contributed by atoms with E-state index >= 15 is 0 Å². The first-order valence-corrected chi connectivity index (χ1v) is 9.67. The van der Waals surface area contributed by atoms with Crippen molar-refractivity contribution in [1.29, 1.82) is 0 Å². The van der Waals surface area contributed by atoms with Gasteiger partial charge in [-0.15, -0.1) is 0 Å². The van der Waals surface area contributed by atoms with E-state index in [0.29, 0.717) is 34.9 Å². The van der Waals surface area contributed by atoms with Crippen molar-refractivity contribution in [3.8, 4) is 0 Å². The van der Waals surface area contributed by atoms with Gasteiger partial charge in [0.05, 0.1) is 10.6 Å². The Bertz CT molecular complexity index is 897. The zero-order valence-electron chi connectivity index (χ0n) is 15.4. The zero-order chi connectivity index (χ0) is 20.1. The van der Waals surface area contributed by atoms with E-state index in [9.17, 15) is 9.59 Å². The summed E-state index contributed by atoms with van der Waals surface area (Å²) in [5.41, 5.74) is 1.55. The molecule has 2 amide bonds. The number of hydrogen-bond acceptors (Lipinski definition) is 4. The second-order valence-corrected chi connectivity index (χ2v) is 7.38. The Labute approximate surface area is 174 Å². The van der Waals surface area contributed by atoms with Gasteiger partial charge in [-0.05, 0) is 49.6 Å². The number of piperazine rings is 1. The molecule has 146 valence electrons. The molecule has 1 heterocycles. The number of rotatable bonds is 3. The molecule has 0 saturated carbocycles. The minimum Gasteiger partial charge on any atom is -0.336 e. The Balaban J connectivity index is 1.62. The summed E-state index contributed by atoms with van der Waals surface area (Å²) in [6, 6.07) is 13.8. The van der Waals surface area contributed by atoms with Crippen LogP contribution in [-0.2, 0) is 0 Å². The van der Waals surface area contributed by atoms with Crippen LogP contribution < -0.4 is 10.6 Å². The zero-order valence-corrected chi connectivity index (χ0v) is 17.0. The summed E-state index contributed by atoms with van der Waals surface area (Å²) in [5, 5.41) is 6.03. The fourth-order valence-corrected chi connectivity index (χ4v) is 3.33. The fraction of sp³-hybridized carbons (Fsp3) is 0.250. The molecule has 0 atom stereocenters. The van der Waals surface area contributed by atoms with E-state index in [1.54, 1.807) is 48.5 Å². The van der Waals surface area contributed by atoms with Gasteiger partial charge in [-0.3, -0.25) is 14.9 Å². The number of anilines is 1. The van der Waals surface area contributed by atoms with Crippen molar-refractivity contribution in [2.24, 2.45) is 0 Å². The highest BCUT2D eigenvalue weighted by molar-refractivity contribution is 7.80. The van der Waals surface area contributed by atoms with Crippen molar-refractivity contribution in [2.75, 3.05) is 38.5 Å². The smallest absolute Gasteiger partial charge is 0.258 e. The van der Waals surface area contributed by atoms with Gasteiger partial charge in [0, 0.05) is 37.4 Å². The number of carbonyl (C=O) groups is 2. The van der Waals surface area contributed by atoms with E-state index in [0.717, 1.165) is 13.1 Å². The molecule has 2 aromatic carbocycles. The predicted molar refractivity (Wildman–Crippen MR) is 115 cm³/mol. The van der Waals surface area contributed by atoms with Crippen LogP contribution in [0.5, 0.6) is 0 Å². The third-order valence-corrected chi connectivity index (χ3v) is 5.04. The lowest BCUT2D eigenvalue weighted by Gasteiger charge is -2.32. The van der Waals surface area contributed by atoms with E-state index in [4.69, 9.17) is 23.8 Å². The van der Waals surface area contributed by atoms with Gasteiger partial charge in [-0.25, -0.2) is 0 Å². The van der Waals surface area contributed by atoms with E-state index in [-0.39, 0.29) is 11.0 Å². The average molecular weight is 417 g/mol. The van der Waals surface area contributed by atoms with Crippen molar-refractivity contribution < 1.29 is 9.59 Å². The molecule has 0 aromatic heterocycles. The number of nitrogens with one attached hydrogen (secondary N) is 2. The molecular formula is C20H21ClN4O2S. The maximum absolute atomic E-state index is 12.7. The Morgan fingerprint density at radius 1 is 1.04 bits per heavy atom. The molecule has 0 unspecified atom stereocenters. The summed E-state index contributed by atoms with van der Waals surface area (Å²) < 4.78 is 0. The third kappa shape index (κ3) is 5.07. The van der Waals surface area contributed by atoms with Crippen LogP contribution >= 0.6 is 23.8 Å². The molecule has 1 saturated heterocycles. The Morgan fingerprint density at radius 2 is 1.75 bits per heavy atom. The lowest BCUT2D eigenvalue weighted by molar-refractivity contribution is 0.0664. The summed E-state index contributed by atoms with van der Waals surface area (Å²) in [5.74, 6) is -0.407. The number of thiocarbonyl (C=S) groups is 1. The van der Waals surface area contributed by atoms with Crippen LogP contribution in [0.2, 0.25) is 5.02 Å². The second-order valence-electron chi connectivity index (χ2n) is 6.56. The molecule has 0 spiro atoms. The van der Waals surface area contributed by atoms with Crippen molar-refractivity contribution >= 4 is 46.4 Å². The third-order valence-electron chi connectivity index (χ3n) is 4.50. The highest BCUT2D eigenvalue weighted by Crippen LogP contribution is 2.16. The van der Waals surface area contributed by atoms with Gasteiger partial charge in [0.25, 0.3) is 11.8 Å². The van der Waals surface area contributed by atoms with Gasteiger partial charge in [0.2, 0.25) is 0 Å². The number of likely N-dealkylation sites (N-methyl/N-ethyl adjacent to an activating group) is 1. The Hall–Kier alpha value is -2.48. The average Bonchev–Trinajstić information content (AvgIpc) is 2.68. The lowest BCUT2D eigenvalue weighted by atomic mass is 10.1. The van der Waals surface area contributed by atoms with E-state index in [1.807, 2.05) is 11.9 Å². The van der Waals surface area contributed by atoms with E-state index < -0.39 is 5.91 Å². The van der Waals surface area contributed by atoms with E-state index in [2.05, 4.69) is 15.5 Å². The van der Waals surface area contributed by atoms with E-state index in [1.165, 1.54) is 0 Å². The molecule has 2 aromatic rings. The highest BCUT2D eigenvalue weighted by Gasteiger charge is 2.20. The largest absolute Gasteiger partial charge is 0.336 e. The molecule has 2 N–H and O–H groups in total. The minimum absolute atomic E-state index is 0.0113. The normalized spacial score (nSPS) is 14.4. The lowest BCUT2D eigenvalue weighted by Crippen LogP contribution is -2.47. The molecule has 28 heavy (non-hydrogen) atoms. The number of carbonyl (C=O) groups excluding carboxylic acids is 2. The maximum Gasteiger partial charge on any atom is 0.258 e. The molecule has 6 nitrogen and oxygen atoms in total. The first-order valence-electron chi connectivity index (χ1n) is 8.89. The summed E-state index contributed by atoms with van der Waals surface area (Å²) >= 11 is 11.2. The summed E-state index contributed by atoms with van der Waals surface area (Å²) in [6.07, 6.45) is 0. The van der Waals surface area contributed by atoms with Crippen molar-refractivity contribution in [3.05, 3.63) is 64.7 Å². The number of hydrogen-bond donors (Lipinski definition) is 2. The van der Waals surface area contributed by atoms with Gasteiger partial charge >= 0.3 is 0 Å². The van der Waals surface area contributed by atoms with Crippen LogP contribution in [0.4, 0.5) is 5.69 Å². The SMILES string of the molecule is CN1CCN(C(=O)c2cccc(NC(=S)NC(=O)c3ccccc3Cl)c2)CC1. The Kier molecular flexibility index (Phi) is 6.61. The van der Waals surface area contributed by atoms with Gasteiger partial charge in [0.1, 0.15) is 0 Å². The van der Waals surface area contributed by atoms with Crippen molar-refractivity contribution in [3.63, 3.8) is 0 Å². The maximum atomic E-state index is 12.7. The molecule has 1 fully saturated rings. The second kappa shape index (κ2) is 9.14. The molecule has 0 aliphatic carbocycles. The number of halogens is 1. The first-order chi connectivity index (χ1) is 13.4. The first kappa shape index (κ1) is 20.3. The predicted octanol–water partition coefficient (Wildman–Crippen LogP) is 2.85. The van der Waals surface area contributed by atoms with Crippen LogP contribution in [-0.4, -0.2) is 60.0 Å². The fourth-order valence-electron chi connectivity index (χ4n) is 2.90. The van der Waals surface area contributed by atoms with Crippen molar-refractivity contribution in [1.82, 2.24) is 15.1 Å². The van der Waals surface area contributed by atoms with Crippen LogP contribution in [0, 0.1) is 0 Å². The molecule has 3 rings (SSSR count). The molecule has 8 heteroatoms. The standard InChI is InChI=1S/C20H21ClN4O2S/c1-24-9-11-25(12-10-24)19(27)14-5-4-6-15(13-14)22-20(28)23-18(26)16-7-2-3-8-17(16)21/h2-8,13H,9-12H2,1H3,(H2,22,23,26,28). The number of amides is 2. The monoisotopic (exact) mass is 416 g/mol. The van der Waals surface area contributed by atoms with Crippen LogP contribution in [0.25, 0.3) is 0 Å². The van der Waals surface area contributed by atoms with Gasteiger partial charge < -0.3 is 15.1 Å². The van der Waals surface area contributed by atoms with Gasteiger partial charge in [-0.2, -0.15) is 0 Å². The molecular weight excluding hydrogens is 396 g/mol. The highest BCUT2D eigenvalue weighted by atomic mass is 35.5. The quantitative estimate of drug-likeness (QED) is 0.753. The molecule has 0 radical (unpaired) electrons. The molecule has 1 aliphatic rings. The minimum atomic E-state index is -0.396. The summed E-state index contributed by atoms with van der Waals surface area (Å²) in [4.78, 5) is 29.0. The molecule has 1 aliphatic heterocycles. The van der Waals surface area contributed by atoms with Gasteiger partial charge in [0.15, 0.2) is 5.11 Å². The van der Waals surface area contributed by atoms with Crippen molar-refractivity contribution in [2.45, 2.75) is 0 Å². The number of nitrogens with zero attached hydrogens (tertiary/aromatic N) is 2. The topological polar surface area (TPSA) is 64.7 Å². The molecule has 0 bridgehead atoms.